The average molecular weight is 267 g/mol. The van der Waals surface area contributed by atoms with Gasteiger partial charge in [-0.1, -0.05) is 13.8 Å². The Balaban J connectivity index is 2.57. The Labute approximate surface area is 103 Å². The molecule has 0 saturated carbocycles. The summed E-state index contributed by atoms with van der Waals surface area (Å²) in [5.74, 6) is 0.683. The number of nitrogens with zero attached hydrogens (tertiary/aromatic N) is 1. The van der Waals surface area contributed by atoms with Crippen molar-refractivity contribution in [1.82, 2.24) is 4.98 Å². The van der Waals surface area contributed by atoms with Crippen molar-refractivity contribution < 1.29 is 13.2 Å². The van der Waals surface area contributed by atoms with Gasteiger partial charge < -0.3 is 5.32 Å². The lowest BCUT2D eigenvalue weighted by Crippen LogP contribution is -2.20. The largest absolute Gasteiger partial charge is 0.417 e. The minimum absolute atomic E-state index is 0.0842. The van der Waals surface area contributed by atoms with Crippen LogP contribution >= 0.6 is 11.6 Å². The van der Waals surface area contributed by atoms with Crippen molar-refractivity contribution in [3.05, 3.63) is 23.9 Å². The fraction of sp³-hybridized carbons (Fsp3) is 0.545. The van der Waals surface area contributed by atoms with Crippen molar-refractivity contribution in [2.24, 2.45) is 5.92 Å². The standard InChI is InChI=1S/C11H14ClF3N2/c1-7(2)9(12)6-17-10-4-3-8(5-16-10)11(13,14)15/h3-5,7,9H,6H2,1-2H3,(H,16,17). The fourth-order valence-corrected chi connectivity index (χ4v) is 1.18. The number of anilines is 1. The van der Waals surface area contributed by atoms with E-state index < -0.39 is 11.7 Å². The van der Waals surface area contributed by atoms with Crippen molar-refractivity contribution in [1.29, 1.82) is 0 Å². The second-order valence-electron chi connectivity index (χ2n) is 4.07. The van der Waals surface area contributed by atoms with E-state index in [-0.39, 0.29) is 5.38 Å². The summed E-state index contributed by atoms with van der Waals surface area (Å²) < 4.78 is 36.8. The highest BCUT2D eigenvalue weighted by Gasteiger charge is 2.30. The van der Waals surface area contributed by atoms with Gasteiger partial charge in [-0.3, -0.25) is 0 Å². The summed E-state index contributed by atoms with van der Waals surface area (Å²) in [5, 5.41) is 2.81. The second kappa shape index (κ2) is 5.58. The van der Waals surface area contributed by atoms with Gasteiger partial charge in [0.15, 0.2) is 0 Å². The van der Waals surface area contributed by atoms with E-state index in [1.165, 1.54) is 6.07 Å². The number of pyridine rings is 1. The molecule has 0 bridgehead atoms. The van der Waals surface area contributed by atoms with E-state index in [1.54, 1.807) is 0 Å². The first-order valence-corrected chi connectivity index (χ1v) is 5.65. The third-order valence-corrected chi connectivity index (χ3v) is 2.95. The molecular formula is C11H14ClF3N2. The quantitative estimate of drug-likeness (QED) is 0.839. The third kappa shape index (κ3) is 4.42. The maximum atomic E-state index is 12.3. The van der Waals surface area contributed by atoms with Crippen LogP contribution < -0.4 is 5.32 Å². The van der Waals surface area contributed by atoms with Gasteiger partial charge in [0, 0.05) is 12.7 Å². The summed E-state index contributed by atoms with van der Waals surface area (Å²) in [6, 6.07) is 2.29. The van der Waals surface area contributed by atoms with Crippen LogP contribution in [0, 0.1) is 5.92 Å². The van der Waals surface area contributed by atoms with E-state index >= 15 is 0 Å². The van der Waals surface area contributed by atoms with Gasteiger partial charge >= 0.3 is 6.18 Å². The van der Waals surface area contributed by atoms with Gasteiger partial charge in [0.05, 0.1) is 10.9 Å². The molecule has 1 rings (SSSR count). The van der Waals surface area contributed by atoms with Gasteiger partial charge in [0.2, 0.25) is 0 Å². The van der Waals surface area contributed by atoms with Crippen LogP contribution in [0.15, 0.2) is 18.3 Å². The molecule has 1 aromatic rings. The number of rotatable bonds is 4. The molecule has 0 aliphatic rings. The first-order valence-electron chi connectivity index (χ1n) is 5.22. The summed E-state index contributed by atoms with van der Waals surface area (Å²) in [5.41, 5.74) is -0.755. The Morgan fingerprint density at radius 2 is 2.00 bits per heavy atom. The predicted octanol–water partition coefficient (Wildman–Crippen LogP) is 3.78. The van der Waals surface area contributed by atoms with Crippen molar-refractivity contribution in [3.63, 3.8) is 0 Å². The van der Waals surface area contributed by atoms with E-state index in [2.05, 4.69) is 10.3 Å². The zero-order chi connectivity index (χ0) is 13.1. The van der Waals surface area contributed by atoms with E-state index in [9.17, 15) is 13.2 Å². The summed E-state index contributed by atoms with van der Waals surface area (Å²) >= 11 is 6.00. The zero-order valence-electron chi connectivity index (χ0n) is 9.55. The highest BCUT2D eigenvalue weighted by atomic mass is 35.5. The van der Waals surface area contributed by atoms with E-state index in [0.29, 0.717) is 18.3 Å². The molecule has 0 aliphatic heterocycles. The molecule has 0 radical (unpaired) electrons. The van der Waals surface area contributed by atoms with Crippen LogP contribution in [0.5, 0.6) is 0 Å². The molecule has 17 heavy (non-hydrogen) atoms. The molecule has 0 fully saturated rings. The van der Waals surface area contributed by atoms with Gasteiger partial charge in [-0.25, -0.2) is 4.98 Å². The maximum absolute atomic E-state index is 12.3. The molecule has 1 N–H and O–H groups in total. The lowest BCUT2D eigenvalue weighted by atomic mass is 10.1. The first kappa shape index (κ1) is 14.1. The van der Waals surface area contributed by atoms with Crippen LogP contribution in [-0.4, -0.2) is 16.9 Å². The molecule has 1 heterocycles. The minimum Gasteiger partial charge on any atom is -0.369 e. The maximum Gasteiger partial charge on any atom is 0.417 e. The Kier molecular flexibility index (Phi) is 4.62. The fourth-order valence-electron chi connectivity index (χ4n) is 1.10. The van der Waals surface area contributed by atoms with Gasteiger partial charge in [-0.2, -0.15) is 13.2 Å². The Morgan fingerprint density at radius 3 is 2.41 bits per heavy atom. The highest BCUT2D eigenvalue weighted by molar-refractivity contribution is 6.21. The first-order chi connectivity index (χ1) is 7.80. The number of aromatic nitrogens is 1. The number of alkyl halides is 4. The molecule has 0 aliphatic carbocycles. The zero-order valence-corrected chi connectivity index (χ0v) is 10.3. The SMILES string of the molecule is CC(C)C(Cl)CNc1ccc(C(F)(F)F)cn1. The van der Waals surface area contributed by atoms with Crippen molar-refractivity contribution in [2.45, 2.75) is 25.4 Å². The highest BCUT2D eigenvalue weighted by Crippen LogP contribution is 2.28. The molecule has 0 amide bonds. The summed E-state index contributed by atoms with van der Waals surface area (Å²) in [4.78, 5) is 3.69. The van der Waals surface area contributed by atoms with Crippen LogP contribution in [0.4, 0.5) is 19.0 Å². The van der Waals surface area contributed by atoms with Gasteiger partial charge in [-0.15, -0.1) is 11.6 Å². The van der Waals surface area contributed by atoms with Crippen LogP contribution in [-0.2, 0) is 6.18 Å². The third-order valence-electron chi connectivity index (χ3n) is 2.29. The smallest absolute Gasteiger partial charge is 0.369 e. The molecule has 1 aromatic heterocycles. The van der Waals surface area contributed by atoms with Gasteiger partial charge in [0.1, 0.15) is 5.82 Å². The molecule has 6 heteroatoms. The van der Waals surface area contributed by atoms with Gasteiger partial charge in [-0.05, 0) is 18.1 Å². The summed E-state index contributed by atoms with van der Waals surface area (Å²) in [7, 11) is 0. The second-order valence-corrected chi connectivity index (χ2v) is 4.63. The summed E-state index contributed by atoms with van der Waals surface area (Å²) in [6.45, 7) is 4.41. The lowest BCUT2D eigenvalue weighted by Gasteiger charge is -2.14. The Hall–Kier alpha value is -0.970. The molecule has 0 saturated heterocycles. The molecule has 1 atom stereocenters. The number of nitrogens with one attached hydrogen (secondary N) is 1. The van der Waals surface area contributed by atoms with Gasteiger partial charge in [0.25, 0.3) is 0 Å². The van der Waals surface area contributed by atoms with Crippen molar-refractivity contribution in [2.75, 3.05) is 11.9 Å². The predicted molar refractivity (Wildman–Crippen MR) is 62.2 cm³/mol. The van der Waals surface area contributed by atoms with E-state index in [0.717, 1.165) is 12.3 Å². The normalized spacial score (nSPS) is 13.8. The Bertz CT molecular complexity index is 349. The minimum atomic E-state index is -4.35. The van der Waals surface area contributed by atoms with Crippen molar-refractivity contribution in [3.8, 4) is 0 Å². The number of hydrogen-bond acceptors (Lipinski definition) is 2. The monoisotopic (exact) mass is 266 g/mol. The van der Waals surface area contributed by atoms with Crippen LogP contribution in [0.25, 0.3) is 0 Å². The Morgan fingerprint density at radius 1 is 1.35 bits per heavy atom. The molecular weight excluding hydrogens is 253 g/mol. The van der Waals surface area contributed by atoms with E-state index in [1.807, 2.05) is 13.8 Å². The average Bonchev–Trinajstić information content (AvgIpc) is 2.25. The molecule has 2 nitrogen and oxygen atoms in total. The lowest BCUT2D eigenvalue weighted by molar-refractivity contribution is -0.137. The number of halogens is 4. The summed E-state index contributed by atoms with van der Waals surface area (Å²) in [6.07, 6.45) is -3.54. The van der Waals surface area contributed by atoms with Crippen molar-refractivity contribution >= 4 is 17.4 Å². The molecule has 0 aromatic carbocycles. The van der Waals surface area contributed by atoms with Crippen LogP contribution in [0.1, 0.15) is 19.4 Å². The number of hydrogen-bond donors (Lipinski definition) is 1. The van der Waals surface area contributed by atoms with Crippen LogP contribution in [0.3, 0.4) is 0 Å². The topological polar surface area (TPSA) is 24.9 Å². The molecule has 0 spiro atoms. The van der Waals surface area contributed by atoms with E-state index in [4.69, 9.17) is 11.6 Å². The molecule has 1 unspecified atom stereocenters. The van der Waals surface area contributed by atoms with Crippen LogP contribution in [0.2, 0.25) is 0 Å². The molecule has 96 valence electrons.